The number of methoxy groups -OCH3 is 1. The maximum atomic E-state index is 12.2. The topological polar surface area (TPSA) is 93.5 Å². The lowest BCUT2D eigenvalue weighted by molar-refractivity contribution is 0.0843. The second-order valence-corrected chi connectivity index (χ2v) is 5.49. The van der Waals surface area contributed by atoms with Gasteiger partial charge in [0.05, 0.1) is 18.2 Å². The van der Waals surface area contributed by atoms with E-state index in [-0.39, 0.29) is 5.69 Å². The van der Waals surface area contributed by atoms with Crippen molar-refractivity contribution in [2.45, 2.75) is 13.8 Å². The minimum Gasteiger partial charge on any atom is -0.497 e. The highest BCUT2D eigenvalue weighted by molar-refractivity contribution is 5.99. The molecule has 2 aromatic heterocycles. The molecule has 0 saturated carbocycles. The number of nitrogens with zero attached hydrogens (tertiary/aromatic N) is 1. The molecule has 2 N–H and O–H groups in total. The molecule has 3 rings (SSSR count). The van der Waals surface area contributed by atoms with E-state index in [2.05, 4.69) is 15.8 Å². The molecule has 2 heterocycles. The molecule has 3 aromatic rings. The number of hydrogen-bond acceptors (Lipinski definition) is 5. The van der Waals surface area contributed by atoms with Crippen LogP contribution in [0, 0.1) is 13.8 Å². The predicted octanol–water partition coefficient (Wildman–Crippen LogP) is 2.53. The van der Waals surface area contributed by atoms with Crippen molar-refractivity contribution in [3.63, 3.8) is 0 Å². The van der Waals surface area contributed by atoms with Crippen LogP contribution in [0.5, 0.6) is 5.75 Å². The number of rotatable bonds is 3. The molecule has 0 radical (unpaired) electrons. The Bertz CT molecular complexity index is 962. The Labute approximate surface area is 144 Å². The van der Waals surface area contributed by atoms with Gasteiger partial charge in [-0.3, -0.25) is 20.4 Å². The third-order valence-electron chi connectivity index (χ3n) is 3.70. The van der Waals surface area contributed by atoms with Gasteiger partial charge in [-0.15, -0.1) is 0 Å². The standard InChI is InChI=1S/C18H17N3O4/c1-10-8-14(11(2)25-10)17(22)20-21-18(23)16-6-4-12-9-13(24-3)5-7-15(12)19-16/h4-9H,1-3H3,(H,20,22)(H,21,23). The Morgan fingerprint density at radius 3 is 2.48 bits per heavy atom. The van der Waals surface area contributed by atoms with Crippen molar-refractivity contribution >= 4 is 22.7 Å². The van der Waals surface area contributed by atoms with Gasteiger partial charge >= 0.3 is 0 Å². The molecule has 0 spiro atoms. The van der Waals surface area contributed by atoms with Gasteiger partial charge in [-0.2, -0.15) is 0 Å². The molecule has 7 heteroatoms. The Hall–Kier alpha value is -3.35. The summed E-state index contributed by atoms with van der Waals surface area (Å²) >= 11 is 0. The van der Waals surface area contributed by atoms with Crippen LogP contribution in [0.25, 0.3) is 10.9 Å². The first kappa shape index (κ1) is 16.5. The molecule has 0 unspecified atom stereocenters. The molecule has 25 heavy (non-hydrogen) atoms. The normalized spacial score (nSPS) is 10.5. The van der Waals surface area contributed by atoms with E-state index in [4.69, 9.17) is 9.15 Å². The minimum atomic E-state index is -0.510. The maximum absolute atomic E-state index is 12.2. The van der Waals surface area contributed by atoms with Crippen molar-refractivity contribution in [2.24, 2.45) is 0 Å². The van der Waals surface area contributed by atoms with E-state index >= 15 is 0 Å². The monoisotopic (exact) mass is 339 g/mol. The molecule has 128 valence electrons. The van der Waals surface area contributed by atoms with Crippen LogP contribution in [0.1, 0.15) is 32.4 Å². The number of fused-ring (bicyclic) bond motifs is 1. The largest absolute Gasteiger partial charge is 0.497 e. The highest BCUT2D eigenvalue weighted by atomic mass is 16.5. The molecule has 7 nitrogen and oxygen atoms in total. The number of pyridine rings is 1. The second-order valence-electron chi connectivity index (χ2n) is 5.49. The van der Waals surface area contributed by atoms with Crippen LogP contribution in [0.2, 0.25) is 0 Å². The molecular weight excluding hydrogens is 322 g/mol. The Kier molecular flexibility index (Phi) is 4.38. The average molecular weight is 339 g/mol. The molecule has 0 atom stereocenters. The van der Waals surface area contributed by atoms with E-state index in [0.29, 0.717) is 28.4 Å². The maximum Gasteiger partial charge on any atom is 0.288 e. The van der Waals surface area contributed by atoms with E-state index in [1.54, 1.807) is 51.3 Å². The SMILES string of the molecule is COc1ccc2nc(C(=O)NNC(=O)c3cc(C)oc3C)ccc2c1. The number of ether oxygens (including phenoxy) is 1. The summed E-state index contributed by atoms with van der Waals surface area (Å²) in [5.41, 5.74) is 5.93. The van der Waals surface area contributed by atoms with Gasteiger partial charge < -0.3 is 9.15 Å². The quantitative estimate of drug-likeness (QED) is 0.715. The first-order valence-corrected chi connectivity index (χ1v) is 7.60. The van der Waals surface area contributed by atoms with Crippen molar-refractivity contribution in [2.75, 3.05) is 7.11 Å². The lowest BCUT2D eigenvalue weighted by atomic mass is 10.2. The number of benzene rings is 1. The second kappa shape index (κ2) is 6.64. The highest BCUT2D eigenvalue weighted by Crippen LogP contribution is 2.19. The number of aryl methyl sites for hydroxylation is 2. The Morgan fingerprint density at radius 2 is 1.80 bits per heavy atom. The summed E-state index contributed by atoms with van der Waals surface area (Å²) < 4.78 is 10.5. The van der Waals surface area contributed by atoms with Crippen molar-refractivity contribution in [1.82, 2.24) is 15.8 Å². The molecule has 0 bridgehead atoms. The summed E-state index contributed by atoms with van der Waals surface area (Å²) in [4.78, 5) is 28.6. The van der Waals surface area contributed by atoms with Crippen LogP contribution in [-0.4, -0.2) is 23.9 Å². The van der Waals surface area contributed by atoms with E-state index in [0.717, 1.165) is 5.39 Å². The molecule has 1 aromatic carbocycles. The van der Waals surface area contributed by atoms with Crippen molar-refractivity contribution in [3.8, 4) is 5.75 Å². The van der Waals surface area contributed by atoms with Gasteiger partial charge in [0.2, 0.25) is 0 Å². The van der Waals surface area contributed by atoms with Crippen LogP contribution >= 0.6 is 0 Å². The zero-order chi connectivity index (χ0) is 18.0. The fourth-order valence-electron chi connectivity index (χ4n) is 2.46. The van der Waals surface area contributed by atoms with E-state index in [1.807, 2.05) is 6.07 Å². The highest BCUT2D eigenvalue weighted by Gasteiger charge is 2.15. The van der Waals surface area contributed by atoms with Crippen LogP contribution < -0.4 is 15.6 Å². The molecule has 2 amide bonds. The summed E-state index contributed by atoms with van der Waals surface area (Å²) in [7, 11) is 1.59. The van der Waals surface area contributed by atoms with Crippen molar-refractivity contribution < 1.29 is 18.7 Å². The summed E-state index contributed by atoms with van der Waals surface area (Å²) in [6, 6.07) is 10.3. The smallest absolute Gasteiger partial charge is 0.288 e. The summed E-state index contributed by atoms with van der Waals surface area (Å²) in [6.45, 7) is 3.43. The number of carbonyl (C=O) groups excluding carboxylic acids is 2. The first-order chi connectivity index (χ1) is 12.0. The number of amides is 2. The zero-order valence-electron chi connectivity index (χ0n) is 14.0. The van der Waals surface area contributed by atoms with Crippen LogP contribution in [-0.2, 0) is 0 Å². The number of nitrogens with one attached hydrogen (secondary N) is 2. The van der Waals surface area contributed by atoms with Crippen molar-refractivity contribution in [3.05, 3.63) is 59.2 Å². The number of furan rings is 1. The van der Waals surface area contributed by atoms with E-state index in [9.17, 15) is 9.59 Å². The zero-order valence-corrected chi connectivity index (χ0v) is 14.0. The fraction of sp³-hybridized carbons (Fsp3) is 0.167. The molecule has 0 aliphatic rings. The third kappa shape index (κ3) is 3.45. The fourth-order valence-corrected chi connectivity index (χ4v) is 2.46. The molecule has 0 saturated heterocycles. The van der Waals surface area contributed by atoms with E-state index in [1.165, 1.54) is 0 Å². The molecular formula is C18H17N3O4. The van der Waals surface area contributed by atoms with E-state index < -0.39 is 11.8 Å². The summed E-state index contributed by atoms with van der Waals surface area (Å²) in [5.74, 6) is 0.865. The number of hydrogen-bond donors (Lipinski definition) is 2. The Balaban J connectivity index is 1.71. The van der Waals surface area contributed by atoms with Gasteiger partial charge in [-0.05, 0) is 44.2 Å². The average Bonchev–Trinajstić information content (AvgIpc) is 2.96. The summed E-state index contributed by atoms with van der Waals surface area (Å²) in [5, 5.41) is 0.851. The lowest BCUT2D eigenvalue weighted by Gasteiger charge is -2.07. The van der Waals surface area contributed by atoms with Gasteiger partial charge in [0, 0.05) is 5.39 Å². The number of carbonyl (C=O) groups is 2. The molecule has 0 fully saturated rings. The van der Waals surface area contributed by atoms with Gasteiger partial charge in [-0.25, -0.2) is 4.98 Å². The molecule has 0 aliphatic carbocycles. The van der Waals surface area contributed by atoms with Gasteiger partial charge in [0.15, 0.2) is 0 Å². The number of aromatic nitrogens is 1. The van der Waals surface area contributed by atoms with Crippen LogP contribution in [0.3, 0.4) is 0 Å². The van der Waals surface area contributed by atoms with Crippen molar-refractivity contribution in [1.29, 1.82) is 0 Å². The first-order valence-electron chi connectivity index (χ1n) is 7.60. The lowest BCUT2D eigenvalue weighted by Crippen LogP contribution is -2.42. The predicted molar refractivity (Wildman–Crippen MR) is 91.4 cm³/mol. The van der Waals surface area contributed by atoms with Gasteiger partial charge in [0.25, 0.3) is 11.8 Å². The third-order valence-corrected chi connectivity index (χ3v) is 3.70. The number of hydrazine groups is 1. The van der Waals surface area contributed by atoms with Crippen LogP contribution in [0.4, 0.5) is 0 Å². The summed E-state index contributed by atoms with van der Waals surface area (Å²) in [6.07, 6.45) is 0. The van der Waals surface area contributed by atoms with Crippen LogP contribution in [0.15, 0.2) is 40.8 Å². The van der Waals surface area contributed by atoms with Gasteiger partial charge in [0.1, 0.15) is 23.0 Å². The van der Waals surface area contributed by atoms with Gasteiger partial charge in [-0.1, -0.05) is 6.07 Å². The minimum absolute atomic E-state index is 0.193. The Morgan fingerprint density at radius 1 is 1.04 bits per heavy atom. The molecule has 0 aliphatic heterocycles.